The van der Waals surface area contributed by atoms with E-state index >= 15 is 0 Å². The summed E-state index contributed by atoms with van der Waals surface area (Å²) < 4.78 is 0. The van der Waals surface area contributed by atoms with Crippen LogP contribution < -0.4 is 0 Å². The molecule has 0 saturated heterocycles. The quantitative estimate of drug-likeness (QED) is 0.165. The lowest BCUT2D eigenvalue weighted by atomic mass is 9.67. The van der Waals surface area contributed by atoms with Crippen LogP contribution in [0.5, 0.6) is 0 Å². The van der Waals surface area contributed by atoms with Gasteiger partial charge in [-0.15, -0.1) is 0 Å². The molecule has 0 aromatic heterocycles. The zero-order valence-corrected chi connectivity index (χ0v) is 40.2. The summed E-state index contributed by atoms with van der Waals surface area (Å²) in [6.45, 7) is 4.70. The Bertz CT molecular complexity index is 4190. The minimum absolute atomic E-state index is 0.0232. The van der Waals surface area contributed by atoms with Gasteiger partial charge in [-0.25, -0.2) is 0 Å². The van der Waals surface area contributed by atoms with E-state index in [9.17, 15) is 0 Å². The first-order valence-corrected chi connectivity index (χ1v) is 25.4. The Kier molecular flexibility index (Phi) is 8.73. The molecule has 0 fully saturated rings. The summed E-state index contributed by atoms with van der Waals surface area (Å²) in [6, 6.07) is 94.7. The van der Waals surface area contributed by atoms with Crippen LogP contribution in [-0.2, 0) is 10.8 Å². The summed E-state index contributed by atoms with van der Waals surface area (Å²) in [5.74, 6) is 0. The molecule has 0 aliphatic heterocycles. The van der Waals surface area contributed by atoms with Gasteiger partial charge in [-0.05, 0) is 180 Å². The average molecular weight is 913 g/mol. The largest absolute Gasteiger partial charge is 0.0713 e. The maximum Gasteiger partial charge on any atom is 0.0713 e. The molecule has 0 unspecified atom stereocenters. The van der Waals surface area contributed by atoms with E-state index in [2.05, 4.69) is 269 Å². The van der Waals surface area contributed by atoms with Gasteiger partial charge in [0.15, 0.2) is 0 Å². The average Bonchev–Trinajstić information content (AvgIpc) is 4.13. The van der Waals surface area contributed by atoms with E-state index in [1.807, 2.05) is 0 Å². The second-order valence-electron chi connectivity index (χ2n) is 20.7. The number of hydrogen-bond donors (Lipinski definition) is 0. The Morgan fingerprint density at radius 2 is 0.597 bits per heavy atom. The molecular formula is C72H48. The van der Waals surface area contributed by atoms with Gasteiger partial charge < -0.3 is 0 Å². The highest BCUT2D eigenvalue weighted by Crippen LogP contribution is 2.58. The Balaban J connectivity index is 0.000000133. The smallest absolute Gasteiger partial charge is 0.0622 e. The van der Waals surface area contributed by atoms with Crippen LogP contribution in [0.1, 0.15) is 47.2 Å². The second-order valence-corrected chi connectivity index (χ2v) is 20.7. The minimum Gasteiger partial charge on any atom is -0.0622 e. The molecule has 0 N–H and O–H groups in total. The third-order valence-electron chi connectivity index (χ3n) is 16.7. The molecule has 0 nitrogen and oxygen atoms in total. The summed E-state index contributed by atoms with van der Waals surface area (Å²) in [5, 5.41) is 5.38. The highest BCUT2D eigenvalue weighted by atomic mass is 14.5. The molecule has 12 aromatic carbocycles. The molecule has 0 saturated carbocycles. The lowest BCUT2D eigenvalue weighted by molar-refractivity contribution is 0.660. The van der Waals surface area contributed by atoms with E-state index in [1.54, 1.807) is 0 Å². The Morgan fingerprint density at radius 1 is 0.222 bits per heavy atom. The highest BCUT2D eigenvalue weighted by Gasteiger charge is 2.46. The molecule has 0 bridgehead atoms. The number of rotatable bonds is 4. The van der Waals surface area contributed by atoms with Crippen molar-refractivity contribution in [3.05, 3.63) is 288 Å². The first kappa shape index (κ1) is 41.0. The van der Waals surface area contributed by atoms with Crippen LogP contribution in [0.3, 0.4) is 0 Å². The molecule has 0 atom stereocenters. The Labute approximate surface area is 421 Å². The van der Waals surface area contributed by atoms with Crippen molar-refractivity contribution in [2.45, 2.75) is 24.7 Å². The topological polar surface area (TPSA) is 0 Å². The van der Waals surface area contributed by atoms with Crippen LogP contribution in [0.2, 0.25) is 0 Å². The summed E-state index contributed by atoms with van der Waals surface area (Å²) in [6.07, 6.45) is 0. The van der Waals surface area contributed by atoms with Crippen LogP contribution in [0.4, 0.5) is 0 Å². The number of benzene rings is 12. The van der Waals surface area contributed by atoms with Crippen LogP contribution >= 0.6 is 0 Å². The van der Waals surface area contributed by atoms with E-state index < -0.39 is 5.41 Å². The zero-order valence-electron chi connectivity index (χ0n) is 40.2. The van der Waals surface area contributed by atoms with Crippen molar-refractivity contribution in [1.29, 1.82) is 0 Å². The molecule has 72 heavy (non-hydrogen) atoms. The highest BCUT2D eigenvalue weighted by molar-refractivity contribution is 6.17. The van der Waals surface area contributed by atoms with E-state index in [-0.39, 0.29) is 5.41 Å². The maximum atomic E-state index is 2.47. The third-order valence-corrected chi connectivity index (χ3v) is 16.7. The normalized spacial score (nSPS) is 13.9. The van der Waals surface area contributed by atoms with Crippen molar-refractivity contribution in [3.63, 3.8) is 0 Å². The van der Waals surface area contributed by atoms with Crippen molar-refractivity contribution in [1.82, 2.24) is 0 Å². The van der Waals surface area contributed by atoms with Gasteiger partial charge in [0, 0.05) is 5.41 Å². The molecule has 336 valence electrons. The fourth-order valence-electron chi connectivity index (χ4n) is 13.5. The molecule has 0 radical (unpaired) electrons. The van der Waals surface area contributed by atoms with Crippen LogP contribution in [-0.4, -0.2) is 0 Å². The van der Waals surface area contributed by atoms with Crippen LogP contribution in [0.15, 0.2) is 255 Å². The first-order valence-electron chi connectivity index (χ1n) is 25.4. The summed E-state index contributed by atoms with van der Waals surface area (Å²) in [4.78, 5) is 0. The molecular weight excluding hydrogens is 865 g/mol. The van der Waals surface area contributed by atoms with Gasteiger partial charge in [0.2, 0.25) is 0 Å². The molecule has 0 heterocycles. The van der Waals surface area contributed by atoms with Crippen molar-refractivity contribution in [3.8, 4) is 89.0 Å². The van der Waals surface area contributed by atoms with Gasteiger partial charge in [-0.1, -0.05) is 232 Å². The lowest BCUT2D eigenvalue weighted by Crippen LogP contribution is -2.28. The maximum absolute atomic E-state index is 2.47. The SMILES string of the molecule is CC1(C)c2ccccc2-c2ccc(-c3cc4c5c(cccc5c3)-c3ccccc3-4)cc21.c1ccc(C2(c3ccccc3)c3ccccc3-c3ccc(-c4cc5c6c(cccc6c4)-c4ccccc4-5)cc32)cc1. The predicted octanol–water partition coefficient (Wildman–Crippen LogP) is 19.0. The van der Waals surface area contributed by atoms with Crippen LogP contribution in [0, 0.1) is 0 Å². The van der Waals surface area contributed by atoms with Gasteiger partial charge in [0.1, 0.15) is 0 Å². The molecule has 12 aromatic rings. The molecule has 16 rings (SSSR count). The van der Waals surface area contributed by atoms with Crippen molar-refractivity contribution >= 4 is 21.5 Å². The summed E-state index contributed by atoms with van der Waals surface area (Å²) in [7, 11) is 0. The summed E-state index contributed by atoms with van der Waals surface area (Å²) >= 11 is 0. The first-order chi connectivity index (χ1) is 35.5. The number of hydrogen-bond acceptors (Lipinski definition) is 0. The van der Waals surface area contributed by atoms with Crippen molar-refractivity contribution < 1.29 is 0 Å². The second kappa shape index (κ2) is 15.3. The van der Waals surface area contributed by atoms with Gasteiger partial charge in [-0.3, -0.25) is 0 Å². The molecule has 0 amide bonds. The Hall–Kier alpha value is -8.84. The van der Waals surface area contributed by atoms with Gasteiger partial charge in [0.25, 0.3) is 0 Å². The Morgan fingerprint density at radius 3 is 1.11 bits per heavy atom. The molecule has 4 aliphatic carbocycles. The fraction of sp³-hybridized carbons (Fsp3) is 0.0556. The van der Waals surface area contributed by atoms with Crippen molar-refractivity contribution in [2.75, 3.05) is 0 Å². The molecule has 0 spiro atoms. The number of fused-ring (bicyclic) bond motifs is 12. The lowest BCUT2D eigenvalue weighted by Gasteiger charge is -2.34. The monoisotopic (exact) mass is 912 g/mol. The molecule has 0 heteroatoms. The van der Waals surface area contributed by atoms with Gasteiger partial charge in [-0.2, -0.15) is 0 Å². The van der Waals surface area contributed by atoms with Crippen molar-refractivity contribution in [2.24, 2.45) is 0 Å². The van der Waals surface area contributed by atoms with E-state index in [1.165, 1.54) is 144 Å². The zero-order chi connectivity index (χ0) is 47.7. The predicted molar refractivity (Wildman–Crippen MR) is 302 cm³/mol. The van der Waals surface area contributed by atoms with E-state index in [4.69, 9.17) is 0 Å². The third kappa shape index (κ3) is 5.69. The van der Waals surface area contributed by atoms with Crippen LogP contribution in [0.25, 0.3) is 111 Å². The fourth-order valence-corrected chi connectivity index (χ4v) is 13.5. The molecule has 4 aliphatic rings. The van der Waals surface area contributed by atoms with E-state index in [0.717, 1.165) is 0 Å². The summed E-state index contributed by atoms with van der Waals surface area (Å²) in [5.41, 5.74) is 29.0. The van der Waals surface area contributed by atoms with E-state index in [0.29, 0.717) is 0 Å². The minimum atomic E-state index is -0.391. The van der Waals surface area contributed by atoms with Gasteiger partial charge in [0.05, 0.1) is 5.41 Å². The van der Waals surface area contributed by atoms with Gasteiger partial charge >= 0.3 is 0 Å². The standard InChI is InChI=1S/C41H26.C31H22/c1-3-13-30(14-4-1)41(31-15-5-2-6-16-31)38-21-10-9-19-34(38)35-23-22-27(26-39(35)41)29-24-28-12-11-20-36-32-17-7-8-18-33(32)37(25-29)40(28)36;1-31(2)28-13-6-5-11-24(28)25-15-14-19(18-29(25)31)21-16-20-8-7-12-26-22-9-3-4-10-23(22)27(17-21)30(20)26/h1-26H;3-18H,1-2H3.